The Kier molecular flexibility index (Phi) is 3.56. The van der Waals surface area contributed by atoms with Gasteiger partial charge in [0.05, 0.1) is 12.4 Å². The maximum atomic E-state index is 11.2. The fourth-order valence-electron chi connectivity index (χ4n) is 0.940. The van der Waals surface area contributed by atoms with Crippen molar-refractivity contribution in [3.05, 3.63) is 18.2 Å². The van der Waals surface area contributed by atoms with E-state index in [4.69, 9.17) is 4.74 Å². The van der Waals surface area contributed by atoms with Crippen molar-refractivity contribution in [2.24, 2.45) is 5.92 Å². The average Bonchev–Trinajstić information content (AvgIpc) is 2.07. The van der Waals surface area contributed by atoms with Gasteiger partial charge in [-0.25, -0.2) is 9.97 Å². The van der Waals surface area contributed by atoms with Crippen LogP contribution >= 0.6 is 0 Å². The van der Waals surface area contributed by atoms with E-state index in [-0.39, 0.29) is 5.97 Å². The van der Waals surface area contributed by atoms with Gasteiger partial charge in [-0.1, -0.05) is 13.8 Å². The van der Waals surface area contributed by atoms with Gasteiger partial charge in [0.25, 0.3) is 0 Å². The lowest BCUT2D eigenvalue weighted by Gasteiger charge is -2.05. The van der Waals surface area contributed by atoms with Crippen molar-refractivity contribution in [1.29, 1.82) is 0 Å². The lowest BCUT2D eigenvalue weighted by molar-refractivity contribution is -0.135. The van der Waals surface area contributed by atoms with Gasteiger partial charge in [-0.3, -0.25) is 4.79 Å². The number of carbonyl (C=O) groups is 1. The number of carbonyl (C=O) groups excluding carboxylic acids is 1. The third-order valence-corrected chi connectivity index (χ3v) is 1.56. The summed E-state index contributed by atoms with van der Waals surface area (Å²) in [5, 5.41) is 0. The van der Waals surface area contributed by atoms with Crippen molar-refractivity contribution < 1.29 is 9.53 Å². The number of hydrogen-bond donors (Lipinski definition) is 0. The summed E-state index contributed by atoms with van der Waals surface area (Å²) in [7, 11) is 0. The van der Waals surface area contributed by atoms with E-state index in [0.29, 0.717) is 23.9 Å². The molecule has 0 aliphatic rings. The van der Waals surface area contributed by atoms with Crippen LogP contribution in [0.4, 0.5) is 0 Å². The minimum Gasteiger partial charge on any atom is -0.423 e. The van der Waals surface area contributed by atoms with E-state index in [1.807, 2.05) is 13.8 Å². The second-order valence-electron chi connectivity index (χ2n) is 3.54. The van der Waals surface area contributed by atoms with Crippen molar-refractivity contribution in [2.75, 3.05) is 0 Å². The predicted octanol–water partition coefficient (Wildman–Crippen LogP) is 1.74. The fraction of sp³-hybridized carbons (Fsp3) is 0.500. The zero-order valence-corrected chi connectivity index (χ0v) is 8.65. The summed E-state index contributed by atoms with van der Waals surface area (Å²) in [6.45, 7) is 5.71. The molecule has 0 aliphatic carbocycles. The minimum atomic E-state index is -0.243. The summed E-state index contributed by atoms with van der Waals surface area (Å²) in [4.78, 5) is 19.1. The third kappa shape index (κ3) is 3.51. The summed E-state index contributed by atoms with van der Waals surface area (Å²) in [5.74, 6) is 1.12. The first-order chi connectivity index (χ1) is 6.58. The van der Waals surface area contributed by atoms with Gasteiger partial charge >= 0.3 is 5.97 Å². The standard InChI is InChI=1S/C10H14N2O2/c1-7(2)4-10(13)14-9-5-11-8(3)12-6-9/h5-7H,4H2,1-3H3. The Balaban J connectivity index is 2.52. The fourth-order valence-corrected chi connectivity index (χ4v) is 0.940. The number of ether oxygens (including phenoxy) is 1. The molecule has 4 nitrogen and oxygen atoms in total. The molecular formula is C10H14N2O2. The highest BCUT2D eigenvalue weighted by Crippen LogP contribution is 2.09. The van der Waals surface area contributed by atoms with Crippen molar-refractivity contribution in [2.45, 2.75) is 27.2 Å². The molecule has 0 aliphatic heterocycles. The molecule has 0 bridgehead atoms. The highest BCUT2D eigenvalue weighted by molar-refractivity contribution is 5.72. The number of hydrogen-bond acceptors (Lipinski definition) is 4. The molecule has 1 aromatic heterocycles. The highest BCUT2D eigenvalue weighted by atomic mass is 16.5. The van der Waals surface area contributed by atoms with Crippen LogP contribution < -0.4 is 4.74 Å². The molecular weight excluding hydrogens is 180 g/mol. The van der Waals surface area contributed by atoms with Crippen LogP contribution in [0, 0.1) is 12.8 Å². The predicted molar refractivity (Wildman–Crippen MR) is 51.9 cm³/mol. The molecule has 0 saturated carbocycles. The first kappa shape index (κ1) is 10.6. The van der Waals surface area contributed by atoms with Crippen LogP contribution in [0.5, 0.6) is 5.75 Å². The molecule has 0 spiro atoms. The van der Waals surface area contributed by atoms with Gasteiger partial charge in [0.15, 0.2) is 5.75 Å². The first-order valence-electron chi connectivity index (χ1n) is 4.57. The summed E-state index contributed by atoms with van der Waals surface area (Å²) in [6, 6.07) is 0. The Labute approximate surface area is 83.3 Å². The van der Waals surface area contributed by atoms with E-state index in [1.165, 1.54) is 12.4 Å². The Morgan fingerprint density at radius 1 is 1.43 bits per heavy atom. The van der Waals surface area contributed by atoms with Gasteiger partial charge < -0.3 is 4.74 Å². The number of aryl methyl sites for hydroxylation is 1. The van der Waals surface area contributed by atoms with Gasteiger partial charge in [0, 0.05) is 6.42 Å². The van der Waals surface area contributed by atoms with E-state index >= 15 is 0 Å². The number of aromatic nitrogens is 2. The van der Waals surface area contributed by atoms with Crippen LogP contribution in [0.3, 0.4) is 0 Å². The maximum absolute atomic E-state index is 11.2. The quantitative estimate of drug-likeness (QED) is 0.688. The normalized spacial score (nSPS) is 10.3. The molecule has 0 fully saturated rings. The van der Waals surface area contributed by atoms with Crippen molar-refractivity contribution in [3.8, 4) is 5.75 Å². The average molecular weight is 194 g/mol. The molecule has 0 atom stereocenters. The minimum absolute atomic E-state index is 0.243. The Hall–Kier alpha value is -1.45. The molecule has 1 aromatic rings. The van der Waals surface area contributed by atoms with Gasteiger partial charge in [-0.05, 0) is 12.8 Å². The smallest absolute Gasteiger partial charge is 0.311 e. The number of esters is 1. The monoisotopic (exact) mass is 194 g/mol. The van der Waals surface area contributed by atoms with Crippen LogP contribution in [0.25, 0.3) is 0 Å². The largest absolute Gasteiger partial charge is 0.423 e. The maximum Gasteiger partial charge on any atom is 0.311 e. The van der Waals surface area contributed by atoms with Gasteiger partial charge in [0.2, 0.25) is 0 Å². The SMILES string of the molecule is Cc1ncc(OC(=O)CC(C)C)cn1. The molecule has 1 rings (SSSR count). The van der Waals surface area contributed by atoms with Crippen molar-refractivity contribution in [1.82, 2.24) is 9.97 Å². The second kappa shape index (κ2) is 4.69. The van der Waals surface area contributed by atoms with Gasteiger partial charge in [-0.2, -0.15) is 0 Å². The van der Waals surface area contributed by atoms with Crippen LogP contribution in [-0.4, -0.2) is 15.9 Å². The van der Waals surface area contributed by atoms with Crippen LogP contribution in [0.2, 0.25) is 0 Å². The van der Waals surface area contributed by atoms with Crippen LogP contribution in [0.15, 0.2) is 12.4 Å². The zero-order valence-electron chi connectivity index (χ0n) is 8.65. The van der Waals surface area contributed by atoms with Crippen molar-refractivity contribution in [3.63, 3.8) is 0 Å². The Morgan fingerprint density at radius 3 is 2.50 bits per heavy atom. The molecule has 0 radical (unpaired) electrons. The molecule has 4 heteroatoms. The molecule has 14 heavy (non-hydrogen) atoms. The molecule has 0 N–H and O–H groups in total. The van der Waals surface area contributed by atoms with Crippen LogP contribution in [0.1, 0.15) is 26.1 Å². The highest BCUT2D eigenvalue weighted by Gasteiger charge is 2.07. The lowest BCUT2D eigenvalue weighted by atomic mass is 10.1. The summed E-state index contributed by atoms with van der Waals surface area (Å²) in [5.41, 5.74) is 0. The van der Waals surface area contributed by atoms with E-state index in [9.17, 15) is 4.79 Å². The molecule has 76 valence electrons. The molecule has 0 unspecified atom stereocenters. The van der Waals surface area contributed by atoms with Crippen LogP contribution in [-0.2, 0) is 4.79 Å². The zero-order chi connectivity index (χ0) is 10.6. The van der Waals surface area contributed by atoms with E-state index in [1.54, 1.807) is 6.92 Å². The molecule has 1 heterocycles. The third-order valence-electron chi connectivity index (χ3n) is 1.56. The van der Waals surface area contributed by atoms with Gasteiger partial charge in [0.1, 0.15) is 5.82 Å². The Morgan fingerprint density at radius 2 is 2.00 bits per heavy atom. The first-order valence-corrected chi connectivity index (χ1v) is 4.57. The molecule has 0 aromatic carbocycles. The van der Waals surface area contributed by atoms with E-state index < -0.39 is 0 Å². The topological polar surface area (TPSA) is 52.1 Å². The molecule has 0 saturated heterocycles. The Bertz CT molecular complexity index is 306. The van der Waals surface area contributed by atoms with Crippen molar-refractivity contribution >= 4 is 5.97 Å². The number of nitrogens with zero attached hydrogens (tertiary/aromatic N) is 2. The summed E-state index contributed by atoms with van der Waals surface area (Å²) in [6.07, 6.45) is 3.41. The lowest BCUT2D eigenvalue weighted by Crippen LogP contribution is -2.11. The number of rotatable bonds is 3. The second-order valence-corrected chi connectivity index (χ2v) is 3.54. The van der Waals surface area contributed by atoms with Gasteiger partial charge in [-0.15, -0.1) is 0 Å². The summed E-state index contributed by atoms with van der Waals surface area (Å²) >= 11 is 0. The van der Waals surface area contributed by atoms with E-state index in [0.717, 1.165) is 0 Å². The molecule has 0 amide bonds. The summed E-state index contributed by atoms with van der Waals surface area (Å²) < 4.78 is 5.02. The van der Waals surface area contributed by atoms with E-state index in [2.05, 4.69) is 9.97 Å².